The maximum Gasteiger partial charge on any atom is 0.261 e. The number of nitrogens with one attached hydrogen (secondary N) is 2. The number of carbonyl (C=O) groups is 3. The predicted molar refractivity (Wildman–Crippen MR) is 122 cm³/mol. The van der Waals surface area contributed by atoms with E-state index in [1.807, 2.05) is 13.0 Å². The van der Waals surface area contributed by atoms with Crippen LogP contribution >= 0.6 is 0 Å². The molecule has 0 saturated carbocycles. The van der Waals surface area contributed by atoms with Gasteiger partial charge in [-0.3, -0.25) is 19.3 Å². The van der Waals surface area contributed by atoms with E-state index in [-0.39, 0.29) is 30.7 Å². The number of carbonyl (C=O) groups excluding carboxylic acids is 3. The highest BCUT2D eigenvalue weighted by atomic mass is 16.5. The Labute approximate surface area is 192 Å². The van der Waals surface area contributed by atoms with Crippen LogP contribution in [0.3, 0.4) is 0 Å². The fourth-order valence-electron chi connectivity index (χ4n) is 3.89. The van der Waals surface area contributed by atoms with Crippen molar-refractivity contribution in [2.24, 2.45) is 0 Å². The number of nitrogens with zero attached hydrogens (tertiary/aromatic N) is 4. The molecule has 1 saturated heterocycles. The average molecular weight is 453 g/mol. The first-order valence-corrected chi connectivity index (χ1v) is 11.2. The molecule has 2 N–H and O–H groups in total. The van der Waals surface area contributed by atoms with E-state index in [0.29, 0.717) is 49.8 Å². The molecule has 10 nitrogen and oxygen atoms in total. The van der Waals surface area contributed by atoms with Gasteiger partial charge in [0.25, 0.3) is 11.8 Å². The summed E-state index contributed by atoms with van der Waals surface area (Å²) in [6.45, 7) is 6.01. The molecule has 1 aromatic heterocycles. The number of aromatic nitrogens is 2. The van der Waals surface area contributed by atoms with E-state index < -0.39 is 0 Å². The zero-order valence-electron chi connectivity index (χ0n) is 18.7. The van der Waals surface area contributed by atoms with Gasteiger partial charge in [0.2, 0.25) is 11.9 Å². The van der Waals surface area contributed by atoms with Gasteiger partial charge in [0.05, 0.1) is 24.3 Å². The molecule has 33 heavy (non-hydrogen) atoms. The molecule has 4 rings (SSSR count). The third-order valence-electron chi connectivity index (χ3n) is 5.57. The van der Waals surface area contributed by atoms with Gasteiger partial charge in [-0.25, -0.2) is 4.98 Å². The first-order chi connectivity index (χ1) is 16.0. The van der Waals surface area contributed by atoms with E-state index in [1.165, 1.54) is 4.90 Å². The summed E-state index contributed by atoms with van der Waals surface area (Å²) in [5.74, 6) is 0.666. The first-order valence-electron chi connectivity index (χ1n) is 11.2. The van der Waals surface area contributed by atoms with Crippen LogP contribution in [0.15, 0.2) is 30.3 Å². The number of hydrogen-bond acceptors (Lipinski definition) is 8. The van der Waals surface area contributed by atoms with Crippen LogP contribution in [0.5, 0.6) is 0 Å². The van der Waals surface area contributed by atoms with Gasteiger partial charge in [0.15, 0.2) is 0 Å². The largest absolute Gasteiger partial charge is 0.378 e. The van der Waals surface area contributed by atoms with Crippen LogP contribution < -0.4 is 15.5 Å². The molecule has 0 spiro atoms. The van der Waals surface area contributed by atoms with E-state index in [4.69, 9.17) is 4.74 Å². The van der Waals surface area contributed by atoms with E-state index in [9.17, 15) is 14.4 Å². The number of fused-ring (bicyclic) bond motifs is 1. The second kappa shape index (κ2) is 10.4. The maximum absolute atomic E-state index is 12.4. The summed E-state index contributed by atoms with van der Waals surface area (Å²) in [4.78, 5) is 49.2. The summed E-state index contributed by atoms with van der Waals surface area (Å²) in [5.41, 5.74) is 1.72. The van der Waals surface area contributed by atoms with Gasteiger partial charge in [-0.15, -0.1) is 0 Å². The van der Waals surface area contributed by atoms with Crippen molar-refractivity contribution < 1.29 is 19.1 Å². The number of anilines is 2. The van der Waals surface area contributed by atoms with Gasteiger partial charge in [-0.2, -0.15) is 4.98 Å². The SMILES string of the molecule is Cc1cc(N2CCOCC2)nc(NCCNC(=O)CCCN2C(=O)c3ccccc3C2=O)n1. The topological polar surface area (TPSA) is 117 Å². The van der Waals surface area contributed by atoms with Crippen molar-refractivity contribution in [2.75, 3.05) is 56.2 Å². The zero-order chi connectivity index (χ0) is 23.2. The second-order valence-electron chi connectivity index (χ2n) is 7.98. The molecule has 0 radical (unpaired) electrons. The van der Waals surface area contributed by atoms with Crippen molar-refractivity contribution in [1.82, 2.24) is 20.2 Å². The van der Waals surface area contributed by atoms with Crippen molar-refractivity contribution in [3.8, 4) is 0 Å². The summed E-state index contributed by atoms with van der Waals surface area (Å²) in [6, 6.07) is 8.72. The number of aryl methyl sites for hydroxylation is 1. The Hall–Kier alpha value is -3.53. The lowest BCUT2D eigenvalue weighted by Gasteiger charge is -2.28. The predicted octanol–water partition coefficient (Wildman–Crippen LogP) is 1.23. The first kappa shape index (κ1) is 22.7. The highest BCUT2D eigenvalue weighted by Crippen LogP contribution is 2.22. The number of rotatable bonds is 9. The Balaban J connectivity index is 1.17. The average Bonchev–Trinajstić information content (AvgIpc) is 3.07. The van der Waals surface area contributed by atoms with Crippen molar-refractivity contribution in [1.29, 1.82) is 0 Å². The van der Waals surface area contributed by atoms with Crippen LogP contribution in [0.25, 0.3) is 0 Å². The molecule has 174 valence electrons. The summed E-state index contributed by atoms with van der Waals surface area (Å²) >= 11 is 0. The molecule has 1 fully saturated rings. The number of ether oxygens (including phenoxy) is 1. The van der Waals surface area contributed by atoms with E-state index >= 15 is 0 Å². The molecule has 0 atom stereocenters. The van der Waals surface area contributed by atoms with E-state index in [1.54, 1.807) is 24.3 Å². The number of morpholine rings is 1. The van der Waals surface area contributed by atoms with Crippen LogP contribution in [0.1, 0.15) is 39.3 Å². The van der Waals surface area contributed by atoms with Gasteiger partial charge in [0.1, 0.15) is 5.82 Å². The second-order valence-corrected chi connectivity index (χ2v) is 7.98. The number of imide groups is 1. The van der Waals surface area contributed by atoms with Crippen molar-refractivity contribution in [3.63, 3.8) is 0 Å². The van der Waals surface area contributed by atoms with E-state index in [2.05, 4.69) is 25.5 Å². The van der Waals surface area contributed by atoms with Crippen LogP contribution in [-0.4, -0.2) is 78.5 Å². The summed E-state index contributed by atoms with van der Waals surface area (Å²) in [7, 11) is 0. The number of amides is 3. The van der Waals surface area contributed by atoms with E-state index in [0.717, 1.165) is 24.6 Å². The lowest BCUT2D eigenvalue weighted by molar-refractivity contribution is -0.121. The molecule has 2 aliphatic rings. The minimum absolute atomic E-state index is 0.132. The van der Waals surface area contributed by atoms with Crippen molar-refractivity contribution in [3.05, 3.63) is 47.2 Å². The minimum atomic E-state index is -0.296. The Morgan fingerprint density at radius 1 is 1.06 bits per heavy atom. The van der Waals surface area contributed by atoms with Crippen LogP contribution in [0.4, 0.5) is 11.8 Å². The molecule has 3 heterocycles. The third-order valence-corrected chi connectivity index (χ3v) is 5.57. The Kier molecular flexibility index (Phi) is 7.13. The monoisotopic (exact) mass is 452 g/mol. The van der Waals surface area contributed by atoms with Gasteiger partial charge in [0, 0.05) is 50.9 Å². The lowest BCUT2D eigenvalue weighted by atomic mass is 10.1. The molecular formula is C23H28N6O4. The molecular weight excluding hydrogens is 424 g/mol. The summed E-state index contributed by atoms with van der Waals surface area (Å²) in [6.07, 6.45) is 0.643. The van der Waals surface area contributed by atoms with Crippen LogP contribution in [-0.2, 0) is 9.53 Å². The number of hydrogen-bond donors (Lipinski definition) is 2. The van der Waals surface area contributed by atoms with Crippen LogP contribution in [0, 0.1) is 6.92 Å². The summed E-state index contributed by atoms with van der Waals surface area (Å²) < 4.78 is 5.39. The van der Waals surface area contributed by atoms with Gasteiger partial charge >= 0.3 is 0 Å². The quantitative estimate of drug-likeness (QED) is 0.431. The fourth-order valence-corrected chi connectivity index (χ4v) is 3.89. The molecule has 0 aliphatic carbocycles. The molecule has 10 heteroatoms. The standard InChI is InChI=1S/C23H28N6O4/c1-16-15-19(28-11-13-33-14-12-28)27-23(26-16)25-9-8-24-20(30)7-4-10-29-21(31)17-5-2-3-6-18(17)22(29)32/h2-3,5-6,15H,4,7-14H2,1H3,(H,24,30)(H,25,26,27). The third kappa shape index (κ3) is 5.46. The smallest absolute Gasteiger partial charge is 0.261 e. The van der Waals surface area contributed by atoms with Gasteiger partial charge in [-0.1, -0.05) is 12.1 Å². The molecule has 2 aliphatic heterocycles. The Morgan fingerprint density at radius 2 is 1.76 bits per heavy atom. The molecule has 3 amide bonds. The zero-order valence-corrected chi connectivity index (χ0v) is 18.7. The summed E-state index contributed by atoms with van der Waals surface area (Å²) in [5, 5.41) is 5.99. The maximum atomic E-state index is 12.4. The van der Waals surface area contributed by atoms with Gasteiger partial charge < -0.3 is 20.3 Å². The Bertz CT molecular complexity index is 1000. The minimum Gasteiger partial charge on any atom is -0.378 e. The van der Waals surface area contributed by atoms with Crippen LogP contribution in [0.2, 0.25) is 0 Å². The van der Waals surface area contributed by atoms with Gasteiger partial charge in [-0.05, 0) is 25.5 Å². The van der Waals surface area contributed by atoms with Crippen molar-refractivity contribution >= 4 is 29.5 Å². The normalized spacial score (nSPS) is 15.5. The highest BCUT2D eigenvalue weighted by molar-refractivity contribution is 6.21. The molecule has 0 unspecified atom stereocenters. The molecule has 2 aromatic rings. The Morgan fingerprint density at radius 3 is 2.45 bits per heavy atom. The molecule has 0 bridgehead atoms. The lowest BCUT2D eigenvalue weighted by Crippen LogP contribution is -2.37. The number of benzene rings is 1. The highest BCUT2D eigenvalue weighted by Gasteiger charge is 2.34. The van der Waals surface area contributed by atoms with Crippen molar-refractivity contribution in [2.45, 2.75) is 19.8 Å². The fraction of sp³-hybridized carbons (Fsp3) is 0.435. The molecule has 1 aromatic carbocycles.